The smallest absolute Gasteiger partial charge is 0.251 e. The molecule has 1 aliphatic heterocycles. The summed E-state index contributed by atoms with van der Waals surface area (Å²) in [6.07, 6.45) is 0. The number of hydrogen-bond donors (Lipinski definition) is 2. The van der Waals surface area contributed by atoms with Gasteiger partial charge in [-0.25, -0.2) is 0 Å². The molecule has 0 unspecified atom stereocenters. The number of aliphatic hydroxyl groups excluding tert-OH is 1. The van der Waals surface area contributed by atoms with E-state index in [0.29, 0.717) is 18.7 Å². The van der Waals surface area contributed by atoms with E-state index in [-0.39, 0.29) is 30.9 Å². The van der Waals surface area contributed by atoms with Crippen LogP contribution in [0.5, 0.6) is 0 Å². The van der Waals surface area contributed by atoms with Gasteiger partial charge in [-0.3, -0.25) is 9.59 Å². The van der Waals surface area contributed by atoms with Crippen LogP contribution >= 0.6 is 0 Å². The highest BCUT2D eigenvalue weighted by Gasteiger charge is 2.29. The van der Waals surface area contributed by atoms with E-state index in [0.717, 1.165) is 5.56 Å². The molecule has 1 aliphatic rings. The molecule has 1 aromatic carbocycles. The number of nitrogens with zero attached hydrogens (tertiary/aromatic N) is 1. The number of likely N-dealkylation sites (tertiary alicyclic amines) is 1. The molecule has 0 spiro atoms. The summed E-state index contributed by atoms with van der Waals surface area (Å²) in [5.41, 5.74) is 1.64. The number of carbonyl (C=O) groups is 2. The van der Waals surface area contributed by atoms with Crippen LogP contribution in [0.2, 0.25) is 0 Å². The number of aryl methyl sites for hydroxylation is 1. The van der Waals surface area contributed by atoms with Crippen molar-refractivity contribution in [2.24, 2.45) is 5.92 Å². The first-order valence-electron chi connectivity index (χ1n) is 6.33. The van der Waals surface area contributed by atoms with Crippen molar-refractivity contribution in [1.29, 1.82) is 0 Å². The zero-order valence-corrected chi connectivity index (χ0v) is 10.9. The van der Waals surface area contributed by atoms with Crippen molar-refractivity contribution in [3.63, 3.8) is 0 Å². The van der Waals surface area contributed by atoms with Crippen molar-refractivity contribution in [3.05, 3.63) is 35.4 Å². The molecular weight excluding hydrogens is 244 g/mol. The van der Waals surface area contributed by atoms with Gasteiger partial charge in [0.15, 0.2) is 0 Å². The second-order valence-electron chi connectivity index (χ2n) is 4.90. The van der Waals surface area contributed by atoms with Crippen molar-refractivity contribution < 1.29 is 14.7 Å². The molecule has 1 aromatic rings. The van der Waals surface area contributed by atoms with E-state index in [4.69, 9.17) is 5.11 Å². The molecule has 1 heterocycles. The summed E-state index contributed by atoms with van der Waals surface area (Å²) >= 11 is 0. The summed E-state index contributed by atoms with van der Waals surface area (Å²) in [6, 6.07) is 7.19. The summed E-state index contributed by atoms with van der Waals surface area (Å²) in [4.78, 5) is 25.1. The minimum atomic E-state index is -0.243. The first-order chi connectivity index (χ1) is 9.10. The molecule has 0 aliphatic carbocycles. The van der Waals surface area contributed by atoms with E-state index in [2.05, 4.69) is 5.32 Å². The number of aliphatic hydroxyl groups is 1. The number of rotatable bonds is 4. The van der Waals surface area contributed by atoms with E-state index < -0.39 is 0 Å². The SMILES string of the molecule is Cc1ccc(C(=O)NCC(=O)N2CC(CO)C2)cc1. The highest BCUT2D eigenvalue weighted by molar-refractivity contribution is 5.96. The standard InChI is InChI=1S/C14H18N2O3/c1-10-2-4-12(5-3-10)14(19)15-6-13(18)16-7-11(8-16)9-17/h2-5,11,17H,6-9H2,1H3,(H,15,19). The van der Waals surface area contributed by atoms with E-state index >= 15 is 0 Å². The fraction of sp³-hybridized carbons (Fsp3) is 0.429. The molecule has 0 radical (unpaired) electrons. The van der Waals surface area contributed by atoms with Crippen LogP contribution in [0.3, 0.4) is 0 Å². The molecule has 0 atom stereocenters. The second-order valence-corrected chi connectivity index (χ2v) is 4.90. The number of carbonyl (C=O) groups excluding carboxylic acids is 2. The number of benzene rings is 1. The Morgan fingerprint density at radius 3 is 2.53 bits per heavy atom. The van der Waals surface area contributed by atoms with Gasteiger partial charge in [0.25, 0.3) is 5.91 Å². The molecule has 5 heteroatoms. The molecule has 1 saturated heterocycles. The zero-order chi connectivity index (χ0) is 13.8. The van der Waals surface area contributed by atoms with E-state index in [9.17, 15) is 9.59 Å². The van der Waals surface area contributed by atoms with Gasteiger partial charge >= 0.3 is 0 Å². The summed E-state index contributed by atoms with van der Waals surface area (Å²) in [5.74, 6) is -0.158. The molecule has 19 heavy (non-hydrogen) atoms. The van der Waals surface area contributed by atoms with Crippen LogP contribution in [0.1, 0.15) is 15.9 Å². The van der Waals surface area contributed by atoms with Gasteiger partial charge in [0, 0.05) is 31.2 Å². The van der Waals surface area contributed by atoms with Crippen LogP contribution in [-0.2, 0) is 4.79 Å². The maximum atomic E-state index is 11.8. The van der Waals surface area contributed by atoms with Crippen molar-refractivity contribution in [2.75, 3.05) is 26.2 Å². The highest BCUT2D eigenvalue weighted by Crippen LogP contribution is 2.14. The Labute approximate surface area is 112 Å². The maximum Gasteiger partial charge on any atom is 0.251 e. The lowest BCUT2D eigenvalue weighted by molar-refractivity contribution is -0.137. The Bertz CT molecular complexity index is 464. The molecule has 0 aromatic heterocycles. The third-order valence-corrected chi connectivity index (χ3v) is 3.28. The molecule has 2 amide bonds. The molecule has 1 fully saturated rings. The predicted molar refractivity (Wildman–Crippen MR) is 70.7 cm³/mol. The van der Waals surface area contributed by atoms with Gasteiger partial charge in [0.2, 0.25) is 5.91 Å². The third kappa shape index (κ3) is 3.32. The minimum absolute atomic E-state index is 0.00482. The van der Waals surface area contributed by atoms with Crippen molar-refractivity contribution in [2.45, 2.75) is 6.92 Å². The van der Waals surface area contributed by atoms with Crippen LogP contribution in [0, 0.1) is 12.8 Å². The van der Waals surface area contributed by atoms with E-state index in [1.165, 1.54) is 0 Å². The van der Waals surface area contributed by atoms with Crippen LogP contribution in [-0.4, -0.2) is 48.1 Å². The summed E-state index contributed by atoms with van der Waals surface area (Å²) in [6.45, 7) is 3.22. The van der Waals surface area contributed by atoms with E-state index in [1.807, 2.05) is 19.1 Å². The lowest BCUT2D eigenvalue weighted by Gasteiger charge is -2.38. The van der Waals surface area contributed by atoms with Crippen LogP contribution in [0.25, 0.3) is 0 Å². The van der Waals surface area contributed by atoms with Gasteiger partial charge in [-0.1, -0.05) is 17.7 Å². The quantitative estimate of drug-likeness (QED) is 0.813. The average Bonchev–Trinajstić information content (AvgIpc) is 2.35. The molecular formula is C14H18N2O3. The Kier molecular flexibility index (Phi) is 4.16. The predicted octanol–water partition coefficient (Wildman–Crippen LogP) is 0.176. The lowest BCUT2D eigenvalue weighted by atomic mass is 10.0. The van der Waals surface area contributed by atoms with Crippen LogP contribution < -0.4 is 5.32 Å². The van der Waals surface area contributed by atoms with Gasteiger partial charge in [0.1, 0.15) is 0 Å². The fourth-order valence-electron chi connectivity index (χ4n) is 1.96. The van der Waals surface area contributed by atoms with Crippen molar-refractivity contribution >= 4 is 11.8 Å². The molecule has 5 nitrogen and oxygen atoms in total. The second kappa shape index (κ2) is 5.84. The summed E-state index contributed by atoms with van der Waals surface area (Å²) in [5, 5.41) is 11.5. The first kappa shape index (κ1) is 13.5. The average molecular weight is 262 g/mol. The normalized spacial score (nSPS) is 14.9. The number of amides is 2. The molecule has 2 N–H and O–H groups in total. The van der Waals surface area contributed by atoms with Gasteiger partial charge in [-0.15, -0.1) is 0 Å². The first-order valence-corrected chi connectivity index (χ1v) is 6.33. The van der Waals surface area contributed by atoms with Crippen LogP contribution in [0.4, 0.5) is 0 Å². The fourth-order valence-corrected chi connectivity index (χ4v) is 1.96. The topological polar surface area (TPSA) is 69.6 Å². The van der Waals surface area contributed by atoms with Crippen LogP contribution in [0.15, 0.2) is 24.3 Å². The summed E-state index contributed by atoms with van der Waals surface area (Å²) in [7, 11) is 0. The maximum absolute atomic E-state index is 11.8. The number of hydrogen-bond acceptors (Lipinski definition) is 3. The molecule has 2 rings (SSSR count). The number of nitrogens with one attached hydrogen (secondary N) is 1. The Morgan fingerprint density at radius 1 is 1.32 bits per heavy atom. The molecule has 102 valence electrons. The Morgan fingerprint density at radius 2 is 1.95 bits per heavy atom. The largest absolute Gasteiger partial charge is 0.396 e. The Balaban J connectivity index is 1.78. The lowest BCUT2D eigenvalue weighted by Crippen LogP contribution is -2.54. The van der Waals surface area contributed by atoms with Gasteiger partial charge in [-0.05, 0) is 19.1 Å². The molecule has 0 saturated carbocycles. The monoisotopic (exact) mass is 262 g/mol. The Hall–Kier alpha value is -1.88. The zero-order valence-electron chi connectivity index (χ0n) is 10.9. The van der Waals surface area contributed by atoms with Crippen molar-refractivity contribution in [1.82, 2.24) is 10.2 Å². The van der Waals surface area contributed by atoms with Gasteiger partial charge in [-0.2, -0.15) is 0 Å². The summed E-state index contributed by atoms with van der Waals surface area (Å²) < 4.78 is 0. The van der Waals surface area contributed by atoms with Crippen molar-refractivity contribution in [3.8, 4) is 0 Å². The third-order valence-electron chi connectivity index (χ3n) is 3.28. The van der Waals surface area contributed by atoms with Gasteiger partial charge in [0.05, 0.1) is 6.54 Å². The van der Waals surface area contributed by atoms with Gasteiger partial charge < -0.3 is 15.3 Å². The molecule has 0 bridgehead atoms. The van der Waals surface area contributed by atoms with E-state index in [1.54, 1.807) is 17.0 Å². The highest BCUT2D eigenvalue weighted by atomic mass is 16.3. The minimum Gasteiger partial charge on any atom is -0.396 e.